The molecule has 0 radical (unpaired) electrons. The molecule has 1 aromatic heterocycles. The number of benzene rings is 1. The molecule has 3 N–H and O–H groups in total. The van der Waals surface area contributed by atoms with Gasteiger partial charge in [-0.05, 0) is 18.2 Å². The Morgan fingerprint density at radius 1 is 1.57 bits per heavy atom. The quantitative estimate of drug-likeness (QED) is 0.568. The van der Waals surface area contributed by atoms with Gasteiger partial charge in [-0.3, -0.25) is 0 Å². The number of nitrogens with two attached hydrogens (primary N) is 1. The second-order valence-electron chi connectivity index (χ2n) is 2.91. The Morgan fingerprint density at radius 3 is 3.07 bits per heavy atom. The van der Waals surface area contributed by atoms with Gasteiger partial charge in [-0.25, -0.2) is 8.89 Å². The van der Waals surface area contributed by atoms with Crippen molar-refractivity contribution in [3.8, 4) is 0 Å². The smallest absolute Gasteiger partial charge is 0.175 e. The first-order valence-corrected chi connectivity index (χ1v) is 5.23. The highest BCUT2D eigenvalue weighted by Gasteiger charge is 2.04. The van der Waals surface area contributed by atoms with Crippen LogP contribution in [0.3, 0.4) is 0 Å². The Morgan fingerprint density at radius 2 is 2.36 bits per heavy atom. The van der Waals surface area contributed by atoms with Crippen LogP contribution in [0.4, 0.5) is 5.69 Å². The lowest BCUT2D eigenvalue weighted by molar-refractivity contribution is 0.547. The van der Waals surface area contributed by atoms with Crippen LogP contribution in [0.15, 0.2) is 24.4 Å². The van der Waals surface area contributed by atoms with Crippen molar-refractivity contribution in [1.82, 2.24) is 9.78 Å². The molecule has 0 aliphatic rings. The van der Waals surface area contributed by atoms with Crippen molar-refractivity contribution in [2.75, 3.05) is 5.73 Å². The summed E-state index contributed by atoms with van der Waals surface area (Å²) in [7, 11) is 0. The Balaban J connectivity index is 2.55. The molecule has 0 fully saturated rings. The fourth-order valence-electron chi connectivity index (χ4n) is 1.29. The summed E-state index contributed by atoms with van der Waals surface area (Å²) >= 11 is -1.90. The number of nitrogen functional groups attached to an aromatic ring is 1. The van der Waals surface area contributed by atoms with E-state index < -0.39 is 11.1 Å². The standard InChI is InChI=1S/C8H9N3O2S/c9-7-2-1-6-4-10-11(5-14(12)13)8(6)3-7/h1-4H,5,9H2,(H,12,13). The zero-order chi connectivity index (χ0) is 10.1. The maximum Gasteiger partial charge on any atom is 0.175 e. The summed E-state index contributed by atoms with van der Waals surface area (Å²) in [6.07, 6.45) is 1.64. The van der Waals surface area contributed by atoms with Crippen LogP contribution in [0.2, 0.25) is 0 Å². The molecule has 0 aliphatic heterocycles. The van der Waals surface area contributed by atoms with Crippen molar-refractivity contribution in [3.05, 3.63) is 24.4 Å². The van der Waals surface area contributed by atoms with Gasteiger partial charge in [-0.1, -0.05) is 0 Å². The highest BCUT2D eigenvalue weighted by atomic mass is 32.2. The lowest BCUT2D eigenvalue weighted by Crippen LogP contribution is -2.04. The number of fused-ring (bicyclic) bond motifs is 1. The Kier molecular flexibility index (Phi) is 2.22. The van der Waals surface area contributed by atoms with E-state index in [0.29, 0.717) is 5.69 Å². The van der Waals surface area contributed by atoms with E-state index in [0.717, 1.165) is 10.9 Å². The van der Waals surface area contributed by atoms with E-state index in [1.54, 1.807) is 18.3 Å². The van der Waals surface area contributed by atoms with E-state index in [-0.39, 0.29) is 5.88 Å². The highest BCUT2D eigenvalue weighted by molar-refractivity contribution is 7.78. The number of hydrogen-bond donors (Lipinski definition) is 2. The van der Waals surface area contributed by atoms with Gasteiger partial charge in [0.1, 0.15) is 5.88 Å². The molecule has 14 heavy (non-hydrogen) atoms. The van der Waals surface area contributed by atoms with Crippen LogP contribution < -0.4 is 5.73 Å². The highest BCUT2D eigenvalue weighted by Crippen LogP contribution is 2.16. The molecular weight excluding hydrogens is 202 g/mol. The first-order valence-electron chi connectivity index (χ1n) is 3.95. The molecule has 2 aromatic rings. The molecule has 1 unspecified atom stereocenters. The SMILES string of the molecule is Nc1ccc2cnn(CS(=O)O)c2c1. The lowest BCUT2D eigenvalue weighted by atomic mass is 10.2. The van der Waals surface area contributed by atoms with Crippen LogP contribution in [0.5, 0.6) is 0 Å². The molecular formula is C8H9N3O2S. The van der Waals surface area contributed by atoms with E-state index in [2.05, 4.69) is 5.10 Å². The fourth-order valence-corrected chi connectivity index (χ4v) is 1.71. The van der Waals surface area contributed by atoms with E-state index in [9.17, 15) is 4.21 Å². The van der Waals surface area contributed by atoms with Crippen LogP contribution >= 0.6 is 0 Å². The molecule has 0 bridgehead atoms. The number of hydrogen-bond acceptors (Lipinski definition) is 3. The fraction of sp³-hybridized carbons (Fsp3) is 0.125. The summed E-state index contributed by atoms with van der Waals surface area (Å²) in [5.41, 5.74) is 6.99. The van der Waals surface area contributed by atoms with Gasteiger partial charge in [-0.2, -0.15) is 5.10 Å². The predicted molar refractivity (Wildman–Crippen MR) is 54.9 cm³/mol. The van der Waals surface area contributed by atoms with E-state index in [1.165, 1.54) is 4.68 Å². The third-order valence-electron chi connectivity index (χ3n) is 1.90. The van der Waals surface area contributed by atoms with Crippen LogP contribution in [0.1, 0.15) is 0 Å². The van der Waals surface area contributed by atoms with Crippen molar-refractivity contribution >= 4 is 27.7 Å². The molecule has 0 spiro atoms. The molecule has 0 saturated carbocycles. The number of rotatable bonds is 2. The van der Waals surface area contributed by atoms with E-state index >= 15 is 0 Å². The molecule has 1 heterocycles. The van der Waals surface area contributed by atoms with Gasteiger partial charge in [0.25, 0.3) is 0 Å². The first kappa shape index (κ1) is 9.17. The van der Waals surface area contributed by atoms with Gasteiger partial charge < -0.3 is 10.3 Å². The maximum absolute atomic E-state index is 10.6. The van der Waals surface area contributed by atoms with Crippen LogP contribution in [-0.2, 0) is 17.0 Å². The topological polar surface area (TPSA) is 81.1 Å². The second-order valence-corrected chi connectivity index (χ2v) is 3.81. The van der Waals surface area contributed by atoms with Crippen LogP contribution in [0.25, 0.3) is 10.9 Å². The third kappa shape index (κ3) is 1.61. The van der Waals surface area contributed by atoms with Gasteiger partial charge in [0.15, 0.2) is 11.1 Å². The number of anilines is 1. The van der Waals surface area contributed by atoms with E-state index in [1.807, 2.05) is 6.07 Å². The Bertz CT molecular complexity index is 494. The van der Waals surface area contributed by atoms with Crippen LogP contribution in [-0.4, -0.2) is 18.5 Å². The van der Waals surface area contributed by atoms with Crippen molar-refractivity contribution in [3.63, 3.8) is 0 Å². The predicted octanol–water partition coefficient (Wildman–Crippen LogP) is 0.798. The lowest BCUT2D eigenvalue weighted by Gasteiger charge is -1.99. The summed E-state index contributed by atoms with van der Waals surface area (Å²) in [6.45, 7) is 0. The van der Waals surface area contributed by atoms with Crippen molar-refractivity contribution in [2.45, 2.75) is 5.88 Å². The molecule has 6 heteroatoms. The summed E-state index contributed by atoms with van der Waals surface area (Å²) < 4.78 is 20.8. The zero-order valence-corrected chi connectivity index (χ0v) is 8.07. The largest absolute Gasteiger partial charge is 0.399 e. The number of nitrogens with zero attached hydrogens (tertiary/aromatic N) is 2. The molecule has 74 valence electrons. The monoisotopic (exact) mass is 211 g/mol. The van der Waals surface area contributed by atoms with Gasteiger partial charge >= 0.3 is 0 Å². The molecule has 0 amide bonds. The van der Waals surface area contributed by atoms with Gasteiger partial charge in [0.2, 0.25) is 0 Å². The molecule has 0 saturated heterocycles. The zero-order valence-electron chi connectivity index (χ0n) is 7.25. The van der Waals surface area contributed by atoms with E-state index in [4.69, 9.17) is 10.3 Å². The van der Waals surface area contributed by atoms with Crippen molar-refractivity contribution in [1.29, 1.82) is 0 Å². The third-order valence-corrected chi connectivity index (χ3v) is 2.37. The van der Waals surface area contributed by atoms with Crippen molar-refractivity contribution in [2.24, 2.45) is 0 Å². The molecule has 1 aromatic carbocycles. The Labute approximate surface area is 82.8 Å². The molecule has 1 atom stereocenters. The minimum Gasteiger partial charge on any atom is -0.399 e. The Hall–Kier alpha value is -1.40. The maximum atomic E-state index is 10.6. The minimum atomic E-state index is -1.90. The van der Waals surface area contributed by atoms with Gasteiger partial charge in [0.05, 0.1) is 11.7 Å². The summed E-state index contributed by atoms with van der Waals surface area (Å²) in [4.78, 5) is 0. The molecule has 5 nitrogen and oxygen atoms in total. The second kappa shape index (κ2) is 3.39. The first-order chi connectivity index (χ1) is 6.66. The van der Waals surface area contributed by atoms with Gasteiger partial charge in [-0.15, -0.1) is 0 Å². The number of aromatic nitrogens is 2. The van der Waals surface area contributed by atoms with Crippen molar-refractivity contribution < 1.29 is 8.76 Å². The molecule has 2 rings (SSSR count). The molecule has 0 aliphatic carbocycles. The average molecular weight is 211 g/mol. The average Bonchev–Trinajstić information content (AvgIpc) is 2.47. The summed E-state index contributed by atoms with van der Waals surface area (Å²) in [5.74, 6) is -0.0348. The minimum absolute atomic E-state index is 0.0348. The summed E-state index contributed by atoms with van der Waals surface area (Å²) in [5, 5.41) is 4.89. The summed E-state index contributed by atoms with van der Waals surface area (Å²) in [6, 6.07) is 5.33. The van der Waals surface area contributed by atoms with Gasteiger partial charge in [0, 0.05) is 11.1 Å². The van der Waals surface area contributed by atoms with Crippen LogP contribution in [0, 0.1) is 0 Å². The normalized spacial score (nSPS) is 13.2.